The van der Waals surface area contributed by atoms with Crippen LogP contribution in [-0.4, -0.2) is 92.3 Å². The molecule has 1 aliphatic rings. The SMILES string of the molecule is NC(N)=NCCCC(NC(=O)C1CCCN1C(=O)C(CCc1ccc(O)cc1)NC(=O)C(O)Cc1ccc(O)cc1)C(=O)O. The number of nitrogens with one attached hydrogen (secondary N) is 2. The molecule has 2 aromatic rings. The van der Waals surface area contributed by atoms with Gasteiger partial charge in [-0.3, -0.25) is 19.4 Å². The predicted molar refractivity (Wildman–Crippen MR) is 160 cm³/mol. The maximum atomic E-state index is 13.8. The monoisotopic (exact) mass is 612 g/mol. The van der Waals surface area contributed by atoms with Gasteiger partial charge in [-0.05, 0) is 73.9 Å². The number of carbonyl (C=O) groups is 4. The van der Waals surface area contributed by atoms with E-state index >= 15 is 0 Å². The van der Waals surface area contributed by atoms with E-state index in [1.807, 2.05) is 0 Å². The quantitative estimate of drug-likeness (QED) is 0.0744. The number of carboxylic acid groups (broad SMARTS) is 1. The number of aromatic hydroxyl groups is 2. The van der Waals surface area contributed by atoms with Gasteiger partial charge in [-0.15, -0.1) is 0 Å². The van der Waals surface area contributed by atoms with Gasteiger partial charge in [-0.1, -0.05) is 24.3 Å². The molecule has 0 saturated carbocycles. The summed E-state index contributed by atoms with van der Waals surface area (Å²) in [6.45, 7) is 0.415. The van der Waals surface area contributed by atoms with Gasteiger partial charge in [0.05, 0.1) is 0 Å². The summed E-state index contributed by atoms with van der Waals surface area (Å²) in [5.41, 5.74) is 12.0. The van der Waals surface area contributed by atoms with Gasteiger partial charge >= 0.3 is 5.97 Å². The molecule has 0 spiro atoms. The molecule has 2 aromatic carbocycles. The van der Waals surface area contributed by atoms with Crippen molar-refractivity contribution < 1.29 is 39.6 Å². The number of aliphatic imine (C=N–C) groups is 1. The van der Waals surface area contributed by atoms with Gasteiger partial charge in [-0.25, -0.2) is 4.79 Å². The molecule has 0 aromatic heterocycles. The van der Waals surface area contributed by atoms with Crippen LogP contribution in [0.15, 0.2) is 53.5 Å². The number of hydrogen-bond donors (Lipinski definition) is 8. The molecule has 1 saturated heterocycles. The highest BCUT2D eigenvalue weighted by atomic mass is 16.4. The topological polar surface area (TPSA) is 241 Å². The Morgan fingerprint density at radius 3 is 2.11 bits per heavy atom. The number of nitrogens with two attached hydrogens (primary N) is 2. The standard InChI is InChI=1S/C30H40N6O8/c31-30(32)33-15-1-3-23(29(43)44)35-26(40)24-4-2-16-36(24)28(42)22(14-9-18-5-10-20(37)11-6-18)34-27(41)25(39)17-19-7-12-21(38)13-8-19/h5-8,10-13,22-25,37-39H,1-4,9,14-17H2,(H,34,41)(H,35,40)(H,43,44)(H4,31,32,33). The normalized spacial score (nSPS) is 16.4. The van der Waals surface area contributed by atoms with Crippen molar-refractivity contribution in [3.63, 3.8) is 0 Å². The summed E-state index contributed by atoms with van der Waals surface area (Å²) in [4.78, 5) is 57.0. The maximum Gasteiger partial charge on any atom is 0.326 e. The number of benzene rings is 2. The zero-order valence-electron chi connectivity index (χ0n) is 24.3. The first-order valence-electron chi connectivity index (χ1n) is 14.4. The lowest BCUT2D eigenvalue weighted by atomic mass is 10.0. The van der Waals surface area contributed by atoms with Crippen molar-refractivity contribution in [1.29, 1.82) is 0 Å². The summed E-state index contributed by atoms with van der Waals surface area (Å²) in [5.74, 6) is -3.19. The third-order valence-corrected chi connectivity index (χ3v) is 7.34. The number of hydrogen-bond acceptors (Lipinski definition) is 8. The number of likely N-dealkylation sites (tertiary alicyclic amines) is 1. The molecule has 10 N–H and O–H groups in total. The van der Waals surface area contributed by atoms with Gasteiger partial charge in [0.15, 0.2) is 5.96 Å². The lowest BCUT2D eigenvalue weighted by molar-refractivity contribution is -0.145. The first-order valence-corrected chi connectivity index (χ1v) is 14.4. The minimum Gasteiger partial charge on any atom is -0.508 e. The van der Waals surface area contributed by atoms with Crippen LogP contribution < -0.4 is 22.1 Å². The highest BCUT2D eigenvalue weighted by Gasteiger charge is 2.39. The number of aliphatic hydroxyl groups is 1. The summed E-state index contributed by atoms with van der Waals surface area (Å²) in [5, 5.41) is 44.4. The lowest BCUT2D eigenvalue weighted by Crippen LogP contribution is -2.56. The van der Waals surface area contributed by atoms with Crippen LogP contribution in [0.1, 0.15) is 43.2 Å². The number of carbonyl (C=O) groups excluding carboxylic acids is 3. The number of aryl methyl sites for hydroxylation is 1. The van der Waals surface area contributed by atoms with Crippen LogP contribution in [0.2, 0.25) is 0 Å². The van der Waals surface area contributed by atoms with E-state index in [1.54, 1.807) is 24.3 Å². The smallest absolute Gasteiger partial charge is 0.326 e. The van der Waals surface area contributed by atoms with Crippen LogP contribution in [0.4, 0.5) is 0 Å². The lowest BCUT2D eigenvalue weighted by Gasteiger charge is -2.30. The zero-order chi connectivity index (χ0) is 32.2. The van der Waals surface area contributed by atoms with Crippen LogP contribution in [0.3, 0.4) is 0 Å². The number of aliphatic hydroxyl groups excluding tert-OH is 1. The number of carboxylic acids is 1. The number of guanidine groups is 1. The Balaban J connectivity index is 1.72. The van der Waals surface area contributed by atoms with E-state index in [2.05, 4.69) is 15.6 Å². The van der Waals surface area contributed by atoms with Crippen molar-refractivity contribution >= 4 is 29.7 Å². The number of phenolic OH excluding ortho intramolecular Hbond substituents is 2. The summed E-state index contributed by atoms with van der Waals surface area (Å²) in [7, 11) is 0. The van der Waals surface area contributed by atoms with E-state index in [9.17, 15) is 39.6 Å². The van der Waals surface area contributed by atoms with Crippen LogP contribution >= 0.6 is 0 Å². The van der Waals surface area contributed by atoms with Gasteiger partial charge in [0.2, 0.25) is 17.7 Å². The molecule has 1 fully saturated rings. The predicted octanol–water partition coefficient (Wildman–Crippen LogP) is -0.267. The minimum atomic E-state index is -1.49. The van der Waals surface area contributed by atoms with E-state index in [1.165, 1.54) is 29.2 Å². The zero-order valence-corrected chi connectivity index (χ0v) is 24.3. The molecule has 4 atom stereocenters. The molecule has 3 amide bonds. The van der Waals surface area contributed by atoms with Crippen LogP contribution in [0.25, 0.3) is 0 Å². The highest BCUT2D eigenvalue weighted by molar-refractivity contribution is 5.94. The van der Waals surface area contributed by atoms with Crippen molar-refractivity contribution in [2.45, 2.75) is 69.2 Å². The Hall–Kier alpha value is -4.85. The molecule has 1 aliphatic heterocycles. The Labute approximate surface area is 254 Å². The molecule has 14 nitrogen and oxygen atoms in total. The van der Waals surface area contributed by atoms with E-state index < -0.39 is 47.9 Å². The first-order chi connectivity index (χ1) is 20.9. The number of aliphatic carboxylic acids is 1. The largest absolute Gasteiger partial charge is 0.508 e. The maximum absolute atomic E-state index is 13.8. The fourth-order valence-electron chi connectivity index (χ4n) is 4.98. The van der Waals surface area contributed by atoms with Gasteiger partial charge in [0.1, 0.15) is 35.7 Å². The van der Waals surface area contributed by atoms with Crippen molar-refractivity contribution in [3.05, 3.63) is 59.7 Å². The summed E-state index contributed by atoms with van der Waals surface area (Å²) < 4.78 is 0. The third kappa shape index (κ3) is 10.2. The van der Waals surface area contributed by atoms with Crippen molar-refractivity contribution in [3.8, 4) is 11.5 Å². The average molecular weight is 613 g/mol. The molecule has 0 aliphatic carbocycles. The Bertz CT molecular complexity index is 1310. The molecule has 4 unspecified atom stereocenters. The Kier molecular flexibility index (Phi) is 12.3. The van der Waals surface area contributed by atoms with Crippen LogP contribution in [0.5, 0.6) is 11.5 Å². The second-order valence-corrected chi connectivity index (χ2v) is 10.7. The second kappa shape index (κ2) is 16.1. The molecule has 238 valence electrons. The molecular formula is C30H40N6O8. The van der Waals surface area contributed by atoms with Crippen LogP contribution in [-0.2, 0) is 32.0 Å². The Morgan fingerprint density at radius 2 is 1.52 bits per heavy atom. The molecular weight excluding hydrogens is 572 g/mol. The van der Waals surface area contributed by atoms with Crippen molar-refractivity contribution in [1.82, 2.24) is 15.5 Å². The van der Waals surface area contributed by atoms with Gasteiger partial charge < -0.3 is 47.4 Å². The third-order valence-electron chi connectivity index (χ3n) is 7.34. The second-order valence-electron chi connectivity index (χ2n) is 10.7. The first kappa shape index (κ1) is 33.6. The molecule has 0 radical (unpaired) electrons. The van der Waals surface area contributed by atoms with Crippen molar-refractivity contribution in [2.24, 2.45) is 16.5 Å². The fraction of sp³-hybridized carbons (Fsp3) is 0.433. The number of amides is 3. The Morgan fingerprint density at radius 1 is 0.909 bits per heavy atom. The van der Waals surface area contributed by atoms with E-state index in [4.69, 9.17) is 11.5 Å². The van der Waals surface area contributed by atoms with Crippen molar-refractivity contribution in [2.75, 3.05) is 13.1 Å². The minimum absolute atomic E-state index is 0.0393. The van der Waals surface area contributed by atoms with E-state index in [-0.39, 0.29) is 49.8 Å². The summed E-state index contributed by atoms with van der Waals surface area (Å²) >= 11 is 0. The molecule has 3 rings (SSSR count). The van der Waals surface area contributed by atoms with Gasteiger partial charge in [0.25, 0.3) is 0 Å². The van der Waals surface area contributed by atoms with Gasteiger partial charge in [0, 0.05) is 19.5 Å². The number of nitrogens with zero attached hydrogens (tertiary/aromatic N) is 2. The van der Waals surface area contributed by atoms with E-state index in [0.717, 1.165) is 5.56 Å². The summed E-state index contributed by atoms with van der Waals surface area (Å²) in [6.07, 6.45) is 0.106. The van der Waals surface area contributed by atoms with Crippen LogP contribution in [0, 0.1) is 0 Å². The fourth-order valence-corrected chi connectivity index (χ4v) is 4.98. The average Bonchev–Trinajstić information content (AvgIpc) is 3.48. The molecule has 44 heavy (non-hydrogen) atoms. The van der Waals surface area contributed by atoms with E-state index in [0.29, 0.717) is 31.2 Å². The highest BCUT2D eigenvalue weighted by Crippen LogP contribution is 2.21. The summed E-state index contributed by atoms with van der Waals surface area (Å²) in [6, 6.07) is 9.11. The molecule has 1 heterocycles. The molecule has 14 heteroatoms. The van der Waals surface area contributed by atoms with Gasteiger partial charge in [-0.2, -0.15) is 0 Å². The molecule has 0 bridgehead atoms. The number of phenols is 2. The number of rotatable bonds is 15.